The van der Waals surface area contributed by atoms with E-state index in [-0.39, 0.29) is 15.4 Å². The standard InChI is InChI=1S/C14H26O4SSi/c1-10(20(16-3,17-4)18-5)13-8-12-6-7-14(13,9-12)19-11(2)15/h10,12-13H,6-9H2,1-5H3. The molecule has 20 heavy (non-hydrogen) atoms. The van der Waals surface area contributed by atoms with E-state index >= 15 is 0 Å². The molecule has 0 aromatic carbocycles. The lowest BCUT2D eigenvalue weighted by Gasteiger charge is -2.42. The van der Waals surface area contributed by atoms with Gasteiger partial charge in [0.15, 0.2) is 5.12 Å². The lowest BCUT2D eigenvalue weighted by Crippen LogP contribution is -2.52. The van der Waals surface area contributed by atoms with Crippen LogP contribution in [0.5, 0.6) is 0 Å². The Morgan fingerprint density at radius 2 is 1.90 bits per heavy atom. The summed E-state index contributed by atoms with van der Waals surface area (Å²) in [6.45, 7) is 3.86. The highest BCUT2D eigenvalue weighted by molar-refractivity contribution is 8.14. The summed E-state index contributed by atoms with van der Waals surface area (Å²) in [6.07, 6.45) is 4.73. The quantitative estimate of drug-likeness (QED) is 0.704. The van der Waals surface area contributed by atoms with Gasteiger partial charge < -0.3 is 13.3 Å². The van der Waals surface area contributed by atoms with Crippen molar-refractivity contribution < 1.29 is 18.1 Å². The Hall–Kier alpha value is 0.117. The van der Waals surface area contributed by atoms with Crippen molar-refractivity contribution in [2.75, 3.05) is 21.3 Å². The Morgan fingerprint density at radius 3 is 2.35 bits per heavy atom. The van der Waals surface area contributed by atoms with Crippen molar-refractivity contribution in [2.45, 2.75) is 49.8 Å². The van der Waals surface area contributed by atoms with Crippen LogP contribution in [-0.4, -0.2) is 40.0 Å². The molecule has 0 aliphatic heterocycles. The SMILES string of the molecule is CO[Si](OC)(OC)C(C)C1CC2CCC1(SC(C)=O)C2. The van der Waals surface area contributed by atoms with Gasteiger partial charge in [0.2, 0.25) is 0 Å². The molecular weight excluding hydrogens is 292 g/mol. The Bertz CT molecular complexity index is 366. The smallest absolute Gasteiger partial charge is 0.377 e. The Labute approximate surface area is 127 Å². The van der Waals surface area contributed by atoms with Crippen LogP contribution in [0.2, 0.25) is 5.54 Å². The molecule has 4 nitrogen and oxygen atoms in total. The van der Waals surface area contributed by atoms with E-state index < -0.39 is 8.80 Å². The van der Waals surface area contributed by atoms with Crippen LogP contribution in [0, 0.1) is 11.8 Å². The molecule has 4 unspecified atom stereocenters. The van der Waals surface area contributed by atoms with Gasteiger partial charge >= 0.3 is 8.80 Å². The normalized spacial score (nSPS) is 34.5. The monoisotopic (exact) mass is 318 g/mol. The molecule has 2 rings (SSSR count). The maximum atomic E-state index is 11.7. The van der Waals surface area contributed by atoms with Gasteiger partial charge in [-0.3, -0.25) is 4.79 Å². The number of hydrogen-bond acceptors (Lipinski definition) is 5. The predicted octanol–water partition coefficient (Wildman–Crippen LogP) is 3.09. The third kappa shape index (κ3) is 2.61. The molecule has 2 fully saturated rings. The molecule has 0 N–H and O–H groups in total. The summed E-state index contributed by atoms with van der Waals surface area (Å²) >= 11 is 1.55. The molecule has 0 aromatic heterocycles. The van der Waals surface area contributed by atoms with E-state index in [9.17, 15) is 4.79 Å². The van der Waals surface area contributed by atoms with E-state index in [1.165, 1.54) is 12.8 Å². The van der Waals surface area contributed by atoms with Crippen molar-refractivity contribution in [2.24, 2.45) is 11.8 Å². The largest absolute Gasteiger partial charge is 0.503 e. The molecular formula is C14H26O4SSi. The van der Waals surface area contributed by atoms with E-state index in [0.717, 1.165) is 18.8 Å². The zero-order chi connectivity index (χ0) is 15.0. The molecule has 116 valence electrons. The molecule has 2 saturated carbocycles. The maximum absolute atomic E-state index is 11.7. The minimum absolute atomic E-state index is 0.0871. The number of carbonyl (C=O) groups is 1. The van der Waals surface area contributed by atoms with Crippen LogP contribution in [0.3, 0.4) is 0 Å². The first-order valence-electron chi connectivity index (χ1n) is 7.28. The molecule has 2 aliphatic carbocycles. The first-order valence-corrected chi connectivity index (χ1v) is 9.90. The van der Waals surface area contributed by atoms with E-state index in [4.69, 9.17) is 13.3 Å². The zero-order valence-electron chi connectivity index (χ0n) is 13.1. The van der Waals surface area contributed by atoms with Gasteiger partial charge in [-0.25, -0.2) is 0 Å². The summed E-state index contributed by atoms with van der Waals surface area (Å²) in [6, 6.07) is 0. The van der Waals surface area contributed by atoms with Crippen LogP contribution < -0.4 is 0 Å². The molecule has 2 bridgehead atoms. The molecule has 0 spiro atoms. The predicted molar refractivity (Wildman–Crippen MR) is 82.7 cm³/mol. The van der Waals surface area contributed by atoms with Crippen molar-refractivity contribution in [3.63, 3.8) is 0 Å². The van der Waals surface area contributed by atoms with Crippen molar-refractivity contribution in [3.8, 4) is 0 Å². The number of rotatable bonds is 6. The highest BCUT2D eigenvalue weighted by atomic mass is 32.2. The molecule has 2 aliphatic rings. The maximum Gasteiger partial charge on any atom is 0.503 e. The first kappa shape index (κ1) is 16.5. The molecule has 0 aromatic rings. The molecule has 6 heteroatoms. The fraction of sp³-hybridized carbons (Fsp3) is 0.929. The number of hydrogen-bond donors (Lipinski definition) is 0. The van der Waals surface area contributed by atoms with Gasteiger partial charge in [0, 0.05) is 38.5 Å². The average Bonchev–Trinajstić information content (AvgIpc) is 2.97. The third-order valence-electron chi connectivity index (χ3n) is 5.23. The minimum atomic E-state index is -2.65. The molecule has 0 amide bonds. The fourth-order valence-corrected chi connectivity index (χ4v) is 8.67. The van der Waals surface area contributed by atoms with Gasteiger partial charge in [0.05, 0.1) is 0 Å². The van der Waals surface area contributed by atoms with Crippen molar-refractivity contribution in [1.29, 1.82) is 0 Å². The summed E-state index contributed by atoms with van der Waals surface area (Å²) in [4.78, 5) is 11.7. The van der Waals surface area contributed by atoms with E-state index in [0.29, 0.717) is 5.92 Å². The summed E-state index contributed by atoms with van der Waals surface area (Å²) in [7, 11) is 2.38. The third-order valence-corrected chi connectivity index (χ3v) is 9.83. The first-order chi connectivity index (χ1) is 9.43. The molecule has 0 radical (unpaired) electrons. The van der Waals surface area contributed by atoms with Crippen molar-refractivity contribution >= 4 is 25.7 Å². The van der Waals surface area contributed by atoms with Gasteiger partial charge in [-0.2, -0.15) is 0 Å². The molecule has 0 heterocycles. The van der Waals surface area contributed by atoms with E-state index in [2.05, 4.69) is 6.92 Å². The highest BCUT2D eigenvalue weighted by Crippen LogP contribution is 2.63. The lowest BCUT2D eigenvalue weighted by molar-refractivity contribution is -0.109. The van der Waals surface area contributed by atoms with Crippen LogP contribution in [-0.2, 0) is 18.1 Å². The highest BCUT2D eigenvalue weighted by Gasteiger charge is 2.60. The topological polar surface area (TPSA) is 44.8 Å². The second-order valence-corrected chi connectivity index (χ2v) is 11.0. The van der Waals surface area contributed by atoms with Crippen LogP contribution >= 0.6 is 11.8 Å². The summed E-state index contributed by atoms with van der Waals surface area (Å²) in [5.41, 5.74) is 0.222. The Kier molecular flexibility index (Phi) is 5.01. The summed E-state index contributed by atoms with van der Waals surface area (Å²) in [5, 5.41) is 0.226. The molecule has 4 atom stereocenters. The second-order valence-electron chi connectivity index (χ2n) is 6.11. The number of fused-ring (bicyclic) bond motifs is 2. The second kappa shape index (κ2) is 6.08. The van der Waals surface area contributed by atoms with Gasteiger partial charge in [-0.1, -0.05) is 18.7 Å². The summed E-state index contributed by atoms with van der Waals surface area (Å²) < 4.78 is 17.1. The van der Waals surface area contributed by atoms with Gasteiger partial charge in [-0.05, 0) is 37.5 Å². The number of thioether (sulfide) groups is 1. The Morgan fingerprint density at radius 1 is 1.30 bits per heavy atom. The van der Waals surface area contributed by atoms with Crippen LogP contribution in [0.1, 0.15) is 39.5 Å². The van der Waals surface area contributed by atoms with Crippen LogP contribution in [0.25, 0.3) is 0 Å². The lowest BCUT2D eigenvalue weighted by atomic mass is 9.86. The minimum Gasteiger partial charge on any atom is -0.377 e. The molecule has 0 saturated heterocycles. The zero-order valence-corrected chi connectivity index (χ0v) is 14.9. The Balaban J connectivity index is 2.24. The van der Waals surface area contributed by atoms with E-state index in [1.54, 1.807) is 40.0 Å². The van der Waals surface area contributed by atoms with Gasteiger partial charge in [0.1, 0.15) is 0 Å². The number of carbonyl (C=O) groups excluding carboxylic acids is 1. The van der Waals surface area contributed by atoms with Crippen molar-refractivity contribution in [3.05, 3.63) is 0 Å². The van der Waals surface area contributed by atoms with Gasteiger partial charge in [0.25, 0.3) is 0 Å². The van der Waals surface area contributed by atoms with E-state index in [1.807, 2.05) is 0 Å². The van der Waals surface area contributed by atoms with Crippen LogP contribution in [0.4, 0.5) is 0 Å². The average molecular weight is 319 g/mol. The fourth-order valence-electron chi connectivity index (χ4n) is 4.42. The summed E-state index contributed by atoms with van der Waals surface area (Å²) in [5.74, 6) is 1.20. The van der Waals surface area contributed by atoms with Crippen LogP contribution in [0.15, 0.2) is 0 Å². The van der Waals surface area contributed by atoms with Crippen molar-refractivity contribution in [1.82, 2.24) is 0 Å². The van der Waals surface area contributed by atoms with Gasteiger partial charge in [-0.15, -0.1) is 0 Å².